The molecule has 0 amide bonds. The Bertz CT molecular complexity index is 753. The average Bonchev–Trinajstić information content (AvgIpc) is 2.53. The normalized spacial score (nSPS) is 12.1. The van der Waals surface area contributed by atoms with Crippen LogP contribution in [0, 0.1) is 10.1 Å². The third-order valence-corrected chi connectivity index (χ3v) is 3.48. The fraction of sp³-hybridized carbons (Fsp3) is 0.250. The SMILES string of the molecule is O=[N+]([O-])c1ccc(CCNc2cc(C(F)(F)F)cc(C(F)(F)F)c2)cc1. The lowest BCUT2D eigenvalue weighted by molar-refractivity contribution is -0.384. The molecule has 1 N–H and O–H groups in total. The smallest absolute Gasteiger partial charge is 0.385 e. The quantitative estimate of drug-likeness (QED) is 0.437. The molecule has 0 fully saturated rings. The molecule has 0 aliphatic heterocycles. The van der Waals surface area contributed by atoms with E-state index >= 15 is 0 Å². The van der Waals surface area contributed by atoms with Gasteiger partial charge in [0.15, 0.2) is 0 Å². The van der Waals surface area contributed by atoms with Gasteiger partial charge < -0.3 is 5.32 Å². The Morgan fingerprint density at radius 3 is 1.81 bits per heavy atom. The van der Waals surface area contributed by atoms with Crippen LogP contribution in [0.15, 0.2) is 42.5 Å². The molecule has 4 nitrogen and oxygen atoms in total. The monoisotopic (exact) mass is 378 g/mol. The van der Waals surface area contributed by atoms with Crippen LogP contribution in [0.2, 0.25) is 0 Å². The van der Waals surface area contributed by atoms with E-state index in [-0.39, 0.29) is 30.4 Å². The largest absolute Gasteiger partial charge is 0.416 e. The predicted molar refractivity (Wildman–Crippen MR) is 81.7 cm³/mol. The van der Waals surface area contributed by atoms with Gasteiger partial charge in [0.05, 0.1) is 16.1 Å². The molecule has 0 bridgehead atoms. The van der Waals surface area contributed by atoms with Gasteiger partial charge in [0, 0.05) is 24.4 Å². The molecule has 2 aromatic carbocycles. The highest BCUT2D eigenvalue weighted by molar-refractivity contribution is 5.50. The first-order chi connectivity index (χ1) is 12.0. The van der Waals surface area contributed by atoms with Gasteiger partial charge >= 0.3 is 12.4 Å². The van der Waals surface area contributed by atoms with Crippen LogP contribution in [0.3, 0.4) is 0 Å². The Hall–Kier alpha value is -2.78. The Kier molecular flexibility index (Phi) is 5.43. The van der Waals surface area contributed by atoms with E-state index in [1.807, 2.05) is 0 Å². The Morgan fingerprint density at radius 2 is 1.38 bits per heavy atom. The van der Waals surface area contributed by atoms with Crippen LogP contribution >= 0.6 is 0 Å². The van der Waals surface area contributed by atoms with Crippen LogP contribution in [0.5, 0.6) is 0 Å². The average molecular weight is 378 g/mol. The molecule has 0 atom stereocenters. The summed E-state index contributed by atoms with van der Waals surface area (Å²) in [5.74, 6) is 0. The van der Waals surface area contributed by atoms with Crippen molar-refractivity contribution in [2.24, 2.45) is 0 Å². The minimum atomic E-state index is -4.91. The number of alkyl halides is 6. The highest BCUT2D eigenvalue weighted by Crippen LogP contribution is 2.37. The molecule has 0 radical (unpaired) electrons. The maximum absolute atomic E-state index is 12.8. The van der Waals surface area contributed by atoms with Crippen LogP contribution in [0.1, 0.15) is 16.7 Å². The molecule has 0 saturated heterocycles. The van der Waals surface area contributed by atoms with Gasteiger partial charge in [-0.3, -0.25) is 10.1 Å². The van der Waals surface area contributed by atoms with Crippen molar-refractivity contribution in [3.63, 3.8) is 0 Å². The molecule has 10 heteroatoms. The van der Waals surface area contributed by atoms with Gasteiger partial charge in [-0.15, -0.1) is 0 Å². The molecule has 0 unspecified atom stereocenters. The molecule has 2 aromatic rings. The molecule has 0 spiro atoms. The van der Waals surface area contributed by atoms with Crippen molar-refractivity contribution < 1.29 is 31.3 Å². The molecule has 140 valence electrons. The second-order valence-electron chi connectivity index (χ2n) is 5.39. The lowest BCUT2D eigenvalue weighted by atomic mass is 10.1. The second-order valence-corrected chi connectivity index (χ2v) is 5.39. The van der Waals surface area contributed by atoms with Crippen LogP contribution < -0.4 is 5.32 Å². The number of halogens is 6. The summed E-state index contributed by atoms with van der Waals surface area (Å²) in [5, 5.41) is 13.1. The van der Waals surface area contributed by atoms with Gasteiger partial charge in [0.2, 0.25) is 0 Å². The minimum Gasteiger partial charge on any atom is -0.385 e. The van der Waals surface area contributed by atoms with Gasteiger partial charge in [0.25, 0.3) is 5.69 Å². The van der Waals surface area contributed by atoms with Gasteiger partial charge in [-0.05, 0) is 30.2 Å². The van der Waals surface area contributed by atoms with E-state index in [1.54, 1.807) is 0 Å². The van der Waals surface area contributed by atoms with Gasteiger partial charge in [0.1, 0.15) is 0 Å². The molecule has 0 aliphatic rings. The Balaban J connectivity index is 2.12. The van der Waals surface area contributed by atoms with Crippen molar-refractivity contribution in [2.75, 3.05) is 11.9 Å². The Labute approximate surface area is 143 Å². The van der Waals surface area contributed by atoms with Gasteiger partial charge in [-0.25, -0.2) is 0 Å². The summed E-state index contributed by atoms with van der Waals surface area (Å²) in [6.45, 7) is 0.0520. The lowest BCUT2D eigenvalue weighted by Gasteiger charge is -2.15. The molecule has 0 aliphatic carbocycles. The molecule has 0 aromatic heterocycles. The first-order valence-corrected chi connectivity index (χ1v) is 7.23. The van der Waals surface area contributed by atoms with Crippen LogP contribution in [0.25, 0.3) is 0 Å². The topological polar surface area (TPSA) is 55.2 Å². The zero-order chi connectivity index (χ0) is 19.5. The summed E-state index contributed by atoms with van der Waals surface area (Å²) < 4.78 is 76.7. The van der Waals surface area contributed by atoms with E-state index in [2.05, 4.69) is 5.32 Å². The number of nitro benzene ring substituents is 1. The maximum atomic E-state index is 12.8. The third kappa shape index (κ3) is 5.11. The van der Waals surface area contributed by atoms with E-state index in [9.17, 15) is 36.5 Å². The maximum Gasteiger partial charge on any atom is 0.416 e. The van der Waals surface area contributed by atoms with E-state index in [4.69, 9.17) is 0 Å². The van der Waals surface area contributed by atoms with Crippen molar-refractivity contribution in [2.45, 2.75) is 18.8 Å². The zero-order valence-electron chi connectivity index (χ0n) is 13.0. The fourth-order valence-electron chi connectivity index (χ4n) is 2.19. The number of nitrogens with zero attached hydrogens (tertiary/aromatic N) is 1. The van der Waals surface area contributed by atoms with E-state index < -0.39 is 28.4 Å². The molecule has 26 heavy (non-hydrogen) atoms. The van der Waals surface area contributed by atoms with Crippen molar-refractivity contribution in [1.29, 1.82) is 0 Å². The predicted octanol–water partition coefficient (Wildman–Crippen LogP) is 5.29. The molecule has 0 saturated carbocycles. The standard InChI is InChI=1S/C16H12F6N2O2/c17-15(18,19)11-7-12(16(20,21)22)9-13(8-11)23-6-5-10-1-3-14(4-2-10)24(25)26/h1-4,7-9,23H,5-6H2. The van der Waals surface area contributed by atoms with Crippen molar-refractivity contribution >= 4 is 11.4 Å². The number of hydrogen-bond acceptors (Lipinski definition) is 3. The minimum absolute atomic E-state index is 0.0520. The number of nitro groups is 1. The zero-order valence-corrected chi connectivity index (χ0v) is 13.0. The Morgan fingerprint density at radius 1 is 0.885 bits per heavy atom. The summed E-state index contributed by atoms with van der Waals surface area (Å²) in [6, 6.07) is 6.72. The summed E-state index contributed by atoms with van der Waals surface area (Å²) in [4.78, 5) is 9.97. The number of hydrogen-bond donors (Lipinski definition) is 1. The number of anilines is 1. The molecule has 2 rings (SSSR count). The molecule has 0 heterocycles. The summed E-state index contributed by atoms with van der Waals surface area (Å²) in [5.41, 5.74) is -2.58. The highest BCUT2D eigenvalue weighted by atomic mass is 19.4. The second kappa shape index (κ2) is 7.22. The first kappa shape index (κ1) is 19.5. The van der Waals surface area contributed by atoms with Crippen molar-refractivity contribution in [3.05, 3.63) is 69.3 Å². The van der Waals surface area contributed by atoms with Crippen LogP contribution in [-0.2, 0) is 18.8 Å². The van der Waals surface area contributed by atoms with E-state index in [0.29, 0.717) is 17.7 Å². The first-order valence-electron chi connectivity index (χ1n) is 7.23. The third-order valence-electron chi connectivity index (χ3n) is 3.48. The van der Waals surface area contributed by atoms with Crippen molar-refractivity contribution in [3.8, 4) is 0 Å². The van der Waals surface area contributed by atoms with Gasteiger partial charge in [-0.2, -0.15) is 26.3 Å². The lowest BCUT2D eigenvalue weighted by Crippen LogP contribution is -2.13. The molecular weight excluding hydrogens is 366 g/mol. The van der Waals surface area contributed by atoms with E-state index in [1.165, 1.54) is 24.3 Å². The summed E-state index contributed by atoms with van der Waals surface area (Å²) in [7, 11) is 0. The van der Waals surface area contributed by atoms with E-state index in [0.717, 1.165) is 0 Å². The molecular formula is C16H12F6N2O2. The van der Waals surface area contributed by atoms with Crippen molar-refractivity contribution in [1.82, 2.24) is 0 Å². The summed E-state index contributed by atoms with van der Waals surface area (Å²) >= 11 is 0. The van der Waals surface area contributed by atoms with Crippen LogP contribution in [-0.4, -0.2) is 11.5 Å². The number of rotatable bonds is 5. The number of benzene rings is 2. The summed E-state index contributed by atoms with van der Waals surface area (Å²) in [6.07, 6.45) is -9.55. The fourth-order valence-corrected chi connectivity index (χ4v) is 2.19. The van der Waals surface area contributed by atoms with Crippen LogP contribution in [0.4, 0.5) is 37.7 Å². The number of non-ortho nitro benzene ring substituents is 1. The van der Waals surface area contributed by atoms with Gasteiger partial charge in [-0.1, -0.05) is 12.1 Å². The number of nitrogens with one attached hydrogen (secondary N) is 1. The highest BCUT2D eigenvalue weighted by Gasteiger charge is 2.36.